The number of anilines is 1. The molecule has 0 spiro atoms. The molecule has 0 aliphatic rings. The van der Waals surface area contributed by atoms with Crippen LogP contribution in [0.2, 0.25) is 0 Å². The van der Waals surface area contributed by atoms with Crippen LogP contribution >= 0.6 is 12.4 Å². The van der Waals surface area contributed by atoms with Crippen LogP contribution < -0.4 is 11.1 Å². The SMILES string of the molecule is CS(=O)(=O)c1cccc(NC(=O)CCN)c1.Cl. The Bertz CT molecular complexity index is 488. The van der Waals surface area contributed by atoms with Crippen LogP contribution in [0.15, 0.2) is 29.2 Å². The van der Waals surface area contributed by atoms with E-state index in [1.165, 1.54) is 12.1 Å². The van der Waals surface area contributed by atoms with E-state index in [0.29, 0.717) is 5.69 Å². The third-order valence-electron chi connectivity index (χ3n) is 1.92. The summed E-state index contributed by atoms with van der Waals surface area (Å²) >= 11 is 0. The van der Waals surface area contributed by atoms with Gasteiger partial charge in [-0.05, 0) is 18.2 Å². The van der Waals surface area contributed by atoms with Crippen LogP contribution in [0.25, 0.3) is 0 Å². The van der Waals surface area contributed by atoms with Crippen molar-refractivity contribution in [2.75, 3.05) is 18.1 Å². The monoisotopic (exact) mass is 278 g/mol. The minimum atomic E-state index is -3.25. The van der Waals surface area contributed by atoms with E-state index in [4.69, 9.17) is 5.73 Å². The van der Waals surface area contributed by atoms with Gasteiger partial charge >= 0.3 is 0 Å². The quantitative estimate of drug-likeness (QED) is 0.852. The van der Waals surface area contributed by atoms with Crippen LogP contribution in [-0.4, -0.2) is 27.1 Å². The lowest BCUT2D eigenvalue weighted by Crippen LogP contribution is -2.16. The molecule has 5 nitrogen and oxygen atoms in total. The molecule has 1 aromatic carbocycles. The summed E-state index contributed by atoms with van der Waals surface area (Å²) in [5.74, 6) is -0.229. The van der Waals surface area contributed by atoms with Crippen molar-refractivity contribution in [1.82, 2.24) is 0 Å². The Morgan fingerprint density at radius 3 is 2.59 bits per heavy atom. The first-order valence-electron chi connectivity index (χ1n) is 4.73. The molecule has 7 heteroatoms. The van der Waals surface area contributed by atoms with Crippen molar-refractivity contribution < 1.29 is 13.2 Å². The van der Waals surface area contributed by atoms with Gasteiger partial charge in [0, 0.05) is 24.9 Å². The lowest BCUT2D eigenvalue weighted by atomic mass is 10.3. The van der Waals surface area contributed by atoms with Crippen molar-refractivity contribution in [3.05, 3.63) is 24.3 Å². The highest BCUT2D eigenvalue weighted by atomic mass is 35.5. The lowest BCUT2D eigenvalue weighted by molar-refractivity contribution is -0.116. The molecule has 0 aromatic heterocycles. The number of nitrogens with one attached hydrogen (secondary N) is 1. The van der Waals surface area contributed by atoms with Crippen LogP contribution in [-0.2, 0) is 14.6 Å². The average molecular weight is 279 g/mol. The summed E-state index contributed by atoms with van der Waals surface area (Å²) in [4.78, 5) is 11.4. The maximum absolute atomic E-state index is 11.3. The van der Waals surface area contributed by atoms with Crippen molar-refractivity contribution in [3.8, 4) is 0 Å². The van der Waals surface area contributed by atoms with E-state index in [9.17, 15) is 13.2 Å². The van der Waals surface area contributed by atoms with Gasteiger partial charge < -0.3 is 11.1 Å². The average Bonchev–Trinajstić information content (AvgIpc) is 2.17. The lowest BCUT2D eigenvalue weighted by Gasteiger charge is -2.05. The van der Waals surface area contributed by atoms with Gasteiger partial charge in [0.1, 0.15) is 0 Å². The summed E-state index contributed by atoms with van der Waals surface area (Å²) in [6.07, 6.45) is 1.33. The number of carbonyl (C=O) groups excluding carboxylic acids is 1. The van der Waals surface area contributed by atoms with Gasteiger partial charge in [0.05, 0.1) is 4.90 Å². The summed E-state index contributed by atoms with van der Waals surface area (Å²) in [6, 6.07) is 6.11. The number of hydrogen-bond acceptors (Lipinski definition) is 4. The molecule has 1 amide bonds. The Labute approximate surface area is 107 Å². The van der Waals surface area contributed by atoms with Crippen molar-refractivity contribution >= 4 is 33.8 Å². The first-order valence-corrected chi connectivity index (χ1v) is 6.62. The molecule has 0 fully saturated rings. The zero-order chi connectivity index (χ0) is 12.2. The van der Waals surface area contributed by atoms with Gasteiger partial charge in [0.25, 0.3) is 0 Å². The van der Waals surface area contributed by atoms with E-state index < -0.39 is 9.84 Å². The number of sulfone groups is 1. The summed E-state index contributed by atoms with van der Waals surface area (Å²) in [5.41, 5.74) is 5.69. The van der Waals surface area contributed by atoms with E-state index >= 15 is 0 Å². The van der Waals surface area contributed by atoms with E-state index in [2.05, 4.69) is 5.32 Å². The van der Waals surface area contributed by atoms with Crippen molar-refractivity contribution in [3.63, 3.8) is 0 Å². The first kappa shape index (κ1) is 15.9. The van der Waals surface area contributed by atoms with Gasteiger partial charge in [-0.25, -0.2) is 8.42 Å². The van der Waals surface area contributed by atoms with E-state index in [1.54, 1.807) is 12.1 Å². The number of hydrogen-bond donors (Lipinski definition) is 2. The van der Waals surface area contributed by atoms with Crippen LogP contribution in [0.4, 0.5) is 5.69 Å². The van der Waals surface area contributed by atoms with E-state index in [-0.39, 0.29) is 36.2 Å². The number of rotatable bonds is 4. The molecule has 3 N–H and O–H groups in total. The van der Waals surface area contributed by atoms with E-state index in [0.717, 1.165) is 6.26 Å². The van der Waals surface area contributed by atoms with Crippen LogP contribution in [0.1, 0.15) is 6.42 Å². The molecule has 17 heavy (non-hydrogen) atoms. The van der Waals surface area contributed by atoms with Crippen LogP contribution in [0.5, 0.6) is 0 Å². The van der Waals surface area contributed by atoms with Gasteiger partial charge in [0.15, 0.2) is 9.84 Å². The number of carbonyl (C=O) groups is 1. The third-order valence-corrected chi connectivity index (χ3v) is 3.03. The smallest absolute Gasteiger partial charge is 0.225 e. The van der Waals surface area contributed by atoms with Crippen LogP contribution in [0, 0.1) is 0 Å². The third kappa shape index (κ3) is 5.16. The number of benzene rings is 1. The summed E-state index contributed by atoms with van der Waals surface area (Å²) < 4.78 is 22.5. The summed E-state index contributed by atoms with van der Waals surface area (Å²) in [5, 5.41) is 2.57. The Kier molecular flexibility index (Phi) is 6.15. The topological polar surface area (TPSA) is 89.3 Å². The maximum Gasteiger partial charge on any atom is 0.225 e. The molecule has 1 aromatic rings. The Hall–Kier alpha value is -1.11. The molecular formula is C10H15ClN2O3S. The van der Waals surface area contributed by atoms with Crippen molar-refractivity contribution in [1.29, 1.82) is 0 Å². The minimum Gasteiger partial charge on any atom is -0.330 e. The first-order chi connectivity index (χ1) is 7.43. The molecule has 0 bridgehead atoms. The van der Waals surface area contributed by atoms with Crippen LogP contribution in [0.3, 0.4) is 0 Å². The van der Waals surface area contributed by atoms with Gasteiger partial charge in [-0.2, -0.15) is 0 Å². The predicted molar refractivity (Wildman–Crippen MR) is 69.1 cm³/mol. The van der Waals surface area contributed by atoms with Crippen molar-refractivity contribution in [2.45, 2.75) is 11.3 Å². The predicted octanol–water partition coefficient (Wildman–Crippen LogP) is 0.799. The second-order valence-electron chi connectivity index (χ2n) is 3.39. The molecule has 0 aliphatic heterocycles. The molecule has 1 rings (SSSR count). The Balaban J connectivity index is 0.00000256. The normalized spacial score (nSPS) is 10.5. The highest BCUT2D eigenvalue weighted by Crippen LogP contribution is 2.15. The zero-order valence-electron chi connectivity index (χ0n) is 9.34. The number of halogens is 1. The minimum absolute atomic E-state index is 0. The van der Waals surface area contributed by atoms with Gasteiger partial charge in [-0.3, -0.25) is 4.79 Å². The molecule has 0 radical (unpaired) electrons. The maximum atomic E-state index is 11.3. The van der Waals surface area contributed by atoms with E-state index in [1.807, 2.05) is 0 Å². The Morgan fingerprint density at radius 1 is 1.41 bits per heavy atom. The zero-order valence-corrected chi connectivity index (χ0v) is 11.0. The summed E-state index contributed by atoms with van der Waals surface area (Å²) in [7, 11) is -3.25. The summed E-state index contributed by atoms with van der Waals surface area (Å²) in [6.45, 7) is 0.262. The standard InChI is InChI=1S/C10H14N2O3S.ClH/c1-16(14,15)9-4-2-3-8(7-9)12-10(13)5-6-11;/h2-4,7H,5-6,11H2,1H3,(H,12,13);1H. The van der Waals surface area contributed by atoms with Crippen molar-refractivity contribution in [2.24, 2.45) is 5.73 Å². The fourth-order valence-electron chi connectivity index (χ4n) is 1.16. The molecule has 0 atom stereocenters. The number of amides is 1. The molecule has 96 valence electrons. The molecule has 0 saturated carbocycles. The molecule has 0 heterocycles. The van der Waals surface area contributed by atoms with Gasteiger partial charge in [-0.15, -0.1) is 12.4 Å². The molecule has 0 unspecified atom stereocenters. The second-order valence-corrected chi connectivity index (χ2v) is 5.40. The number of nitrogens with two attached hydrogens (primary N) is 1. The molecule has 0 saturated heterocycles. The fourth-order valence-corrected chi connectivity index (χ4v) is 1.83. The highest BCUT2D eigenvalue weighted by molar-refractivity contribution is 7.90. The fraction of sp³-hybridized carbons (Fsp3) is 0.300. The largest absolute Gasteiger partial charge is 0.330 e. The molecular weight excluding hydrogens is 264 g/mol. The Morgan fingerprint density at radius 2 is 2.06 bits per heavy atom. The second kappa shape index (κ2) is 6.58. The molecule has 0 aliphatic carbocycles. The highest BCUT2D eigenvalue weighted by Gasteiger charge is 2.08. The van der Waals surface area contributed by atoms with Gasteiger partial charge in [0.2, 0.25) is 5.91 Å². The van der Waals surface area contributed by atoms with Gasteiger partial charge in [-0.1, -0.05) is 6.07 Å².